The maximum absolute atomic E-state index is 12.0. The van der Waals surface area contributed by atoms with Gasteiger partial charge in [0.25, 0.3) is 5.91 Å². The number of carbonyl (C=O) groups is 2. The zero-order valence-electron chi connectivity index (χ0n) is 16.4. The van der Waals surface area contributed by atoms with Crippen molar-refractivity contribution in [3.05, 3.63) is 65.2 Å². The summed E-state index contributed by atoms with van der Waals surface area (Å²) >= 11 is 0. The number of benzene rings is 2. The highest BCUT2D eigenvalue weighted by Crippen LogP contribution is 2.18. The topological polar surface area (TPSA) is 58.6 Å². The van der Waals surface area contributed by atoms with Crippen LogP contribution in [0.5, 0.6) is 5.75 Å². The van der Waals surface area contributed by atoms with Gasteiger partial charge in [0.1, 0.15) is 5.75 Å². The monoisotopic (exact) mass is 380 g/mol. The van der Waals surface area contributed by atoms with Crippen molar-refractivity contribution in [2.24, 2.45) is 5.92 Å². The first-order valence-electron chi connectivity index (χ1n) is 9.88. The molecule has 1 atom stereocenters. The molecule has 2 aromatic rings. The van der Waals surface area contributed by atoms with Gasteiger partial charge in [0, 0.05) is 19.6 Å². The number of rotatable bonds is 8. The average molecular weight is 380 g/mol. The Kier molecular flexibility index (Phi) is 7.20. The molecule has 1 aliphatic rings. The summed E-state index contributed by atoms with van der Waals surface area (Å²) in [7, 11) is 0. The van der Waals surface area contributed by atoms with Gasteiger partial charge in [-0.3, -0.25) is 14.5 Å². The highest BCUT2D eigenvalue weighted by molar-refractivity contribution is 5.80. The molecule has 1 aliphatic heterocycles. The number of carbonyl (C=O) groups excluding carboxylic acids is 2. The molecule has 1 amide bonds. The van der Waals surface area contributed by atoms with Crippen LogP contribution in [0.15, 0.2) is 48.5 Å². The molecule has 5 heteroatoms. The second kappa shape index (κ2) is 10.0. The second-order valence-corrected chi connectivity index (χ2v) is 7.52. The van der Waals surface area contributed by atoms with Gasteiger partial charge in [-0.15, -0.1) is 0 Å². The van der Waals surface area contributed by atoms with Crippen LogP contribution in [0.25, 0.3) is 0 Å². The van der Waals surface area contributed by atoms with Crippen LogP contribution < -0.4 is 10.1 Å². The molecule has 0 radical (unpaired) electrons. The van der Waals surface area contributed by atoms with Crippen LogP contribution >= 0.6 is 0 Å². The number of hydrogen-bond acceptors (Lipinski definition) is 4. The SMILES string of the molecule is CC1CCCN(Cc2ccc(CNC(=O)COc3ccccc3C=O)cc2)C1. The largest absolute Gasteiger partial charge is 0.483 e. The molecular weight excluding hydrogens is 352 g/mol. The molecule has 3 rings (SSSR count). The van der Waals surface area contributed by atoms with E-state index in [1.54, 1.807) is 24.3 Å². The van der Waals surface area contributed by atoms with Gasteiger partial charge < -0.3 is 10.1 Å². The molecule has 1 fully saturated rings. The van der Waals surface area contributed by atoms with Gasteiger partial charge in [0.05, 0.1) is 5.56 Å². The molecule has 28 heavy (non-hydrogen) atoms. The summed E-state index contributed by atoms with van der Waals surface area (Å²) < 4.78 is 5.44. The fraction of sp³-hybridized carbons (Fsp3) is 0.391. The lowest BCUT2D eigenvalue weighted by molar-refractivity contribution is -0.123. The fourth-order valence-electron chi connectivity index (χ4n) is 3.56. The van der Waals surface area contributed by atoms with Crippen molar-refractivity contribution < 1.29 is 14.3 Å². The Morgan fingerprint density at radius 1 is 1.18 bits per heavy atom. The Hall–Kier alpha value is -2.66. The van der Waals surface area contributed by atoms with Gasteiger partial charge in [-0.25, -0.2) is 0 Å². The standard InChI is InChI=1S/C23H28N2O3/c1-18-5-4-12-25(14-18)15-20-10-8-19(9-11-20)13-24-23(27)17-28-22-7-3-2-6-21(22)16-26/h2-3,6-11,16,18H,4-5,12-15,17H2,1H3,(H,24,27). The minimum absolute atomic E-state index is 0.115. The molecule has 0 spiro atoms. The third-order valence-electron chi connectivity index (χ3n) is 5.06. The van der Waals surface area contributed by atoms with Crippen LogP contribution in [-0.4, -0.2) is 36.8 Å². The number of ether oxygens (including phenoxy) is 1. The molecule has 148 valence electrons. The van der Waals surface area contributed by atoms with E-state index < -0.39 is 0 Å². The van der Waals surface area contributed by atoms with Crippen molar-refractivity contribution in [1.82, 2.24) is 10.2 Å². The molecule has 0 aliphatic carbocycles. The normalized spacial score (nSPS) is 17.1. The van der Waals surface area contributed by atoms with E-state index in [4.69, 9.17) is 4.74 Å². The number of para-hydroxylation sites is 1. The first-order chi connectivity index (χ1) is 13.6. The summed E-state index contributed by atoms with van der Waals surface area (Å²) in [6.45, 7) is 6.00. The second-order valence-electron chi connectivity index (χ2n) is 7.52. The summed E-state index contributed by atoms with van der Waals surface area (Å²) in [6.07, 6.45) is 3.34. The minimum Gasteiger partial charge on any atom is -0.483 e. The zero-order chi connectivity index (χ0) is 19.8. The maximum Gasteiger partial charge on any atom is 0.258 e. The molecule has 1 saturated heterocycles. The van der Waals surface area contributed by atoms with Crippen LogP contribution in [0, 0.1) is 5.92 Å². The molecule has 0 saturated carbocycles. The Morgan fingerprint density at radius 3 is 2.68 bits per heavy atom. The summed E-state index contributed by atoms with van der Waals surface area (Å²) in [5, 5.41) is 2.85. The predicted molar refractivity (Wildman–Crippen MR) is 109 cm³/mol. The van der Waals surface area contributed by atoms with E-state index in [2.05, 4.69) is 41.4 Å². The number of likely N-dealkylation sites (tertiary alicyclic amines) is 1. The van der Waals surface area contributed by atoms with Crippen LogP contribution in [0.3, 0.4) is 0 Å². The van der Waals surface area contributed by atoms with Crippen molar-refractivity contribution in [3.8, 4) is 5.75 Å². The van der Waals surface area contributed by atoms with Crippen LogP contribution in [0.2, 0.25) is 0 Å². The highest BCUT2D eigenvalue weighted by atomic mass is 16.5. The van der Waals surface area contributed by atoms with Gasteiger partial charge in [-0.1, -0.05) is 43.3 Å². The first kappa shape index (κ1) is 20.1. The summed E-state index contributed by atoms with van der Waals surface area (Å²) in [4.78, 5) is 25.5. The van der Waals surface area contributed by atoms with E-state index in [1.165, 1.54) is 31.5 Å². The van der Waals surface area contributed by atoms with Gasteiger partial charge >= 0.3 is 0 Å². The minimum atomic E-state index is -0.216. The number of nitrogens with one attached hydrogen (secondary N) is 1. The van der Waals surface area contributed by atoms with Crippen LogP contribution in [-0.2, 0) is 17.9 Å². The Labute approximate surface area is 166 Å². The van der Waals surface area contributed by atoms with E-state index in [-0.39, 0.29) is 12.5 Å². The first-order valence-corrected chi connectivity index (χ1v) is 9.88. The Balaban J connectivity index is 1.42. The lowest BCUT2D eigenvalue weighted by Gasteiger charge is -2.30. The lowest BCUT2D eigenvalue weighted by Crippen LogP contribution is -2.33. The molecular formula is C23H28N2O3. The zero-order valence-corrected chi connectivity index (χ0v) is 16.4. The van der Waals surface area contributed by atoms with E-state index in [0.29, 0.717) is 17.9 Å². The van der Waals surface area contributed by atoms with E-state index in [1.807, 2.05) is 0 Å². The van der Waals surface area contributed by atoms with Crippen molar-refractivity contribution in [3.63, 3.8) is 0 Å². The van der Waals surface area contributed by atoms with Gasteiger partial charge in [-0.05, 0) is 48.6 Å². The molecule has 1 unspecified atom stereocenters. The van der Waals surface area contributed by atoms with Crippen molar-refractivity contribution in [2.45, 2.75) is 32.9 Å². The van der Waals surface area contributed by atoms with E-state index in [9.17, 15) is 9.59 Å². The van der Waals surface area contributed by atoms with Crippen molar-refractivity contribution in [2.75, 3.05) is 19.7 Å². The molecule has 1 heterocycles. The molecule has 0 bridgehead atoms. The van der Waals surface area contributed by atoms with Crippen molar-refractivity contribution in [1.29, 1.82) is 0 Å². The third kappa shape index (κ3) is 5.92. The Morgan fingerprint density at radius 2 is 1.93 bits per heavy atom. The molecule has 0 aromatic heterocycles. The van der Waals surface area contributed by atoms with Crippen LogP contribution in [0.4, 0.5) is 0 Å². The summed E-state index contributed by atoms with van der Waals surface area (Å²) in [6, 6.07) is 15.3. The Bertz CT molecular complexity index is 789. The van der Waals surface area contributed by atoms with Crippen molar-refractivity contribution >= 4 is 12.2 Å². The van der Waals surface area contributed by atoms with E-state index >= 15 is 0 Å². The number of hydrogen-bond donors (Lipinski definition) is 1. The van der Waals surface area contributed by atoms with Gasteiger partial charge in [-0.2, -0.15) is 0 Å². The van der Waals surface area contributed by atoms with Crippen LogP contribution in [0.1, 0.15) is 41.3 Å². The van der Waals surface area contributed by atoms with Gasteiger partial charge in [0.2, 0.25) is 0 Å². The molecule has 2 aromatic carbocycles. The predicted octanol–water partition coefficient (Wildman–Crippen LogP) is 3.43. The summed E-state index contributed by atoms with van der Waals surface area (Å²) in [5.41, 5.74) is 2.80. The highest BCUT2D eigenvalue weighted by Gasteiger charge is 2.16. The number of nitrogens with zero attached hydrogens (tertiary/aromatic N) is 1. The lowest BCUT2D eigenvalue weighted by atomic mass is 9.99. The number of aldehydes is 1. The van der Waals surface area contributed by atoms with E-state index in [0.717, 1.165) is 24.3 Å². The quantitative estimate of drug-likeness (QED) is 0.713. The smallest absolute Gasteiger partial charge is 0.258 e. The third-order valence-corrected chi connectivity index (χ3v) is 5.06. The van der Waals surface area contributed by atoms with Gasteiger partial charge in [0.15, 0.2) is 12.9 Å². The molecule has 1 N–H and O–H groups in total. The average Bonchev–Trinajstić information content (AvgIpc) is 2.72. The summed E-state index contributed by atoms with van der Waals surface area (Å²) in [5.74, 6) is 0.986. The maximum atomic E-state index is 12.0. The molecule has 5 nitrogen and oxygen atoms in total. The fourth-order valence-corrected chi connectivity index (χ4v) is 3.56. The number of piperidine rings is 1. The number of amides is 1.